The predicted molar refractivity (Wildman–Crippen MR) is 82.0 cm³/mol. The number of aromatic amines is 1. The van der Waals surface area contributed by atoms with Crippen molar-refractivity contribution in [3.63, 3.8) is 0 Å². The lowest BCUT2D eigenvalue weighted by atomic mass is 10.1. The summed E-state index contributed by atoms with van der Waals surface area (Å²) >= 11 is 0. The Balaban J connectivity index is 1.89. The fourth-order valence-electron chi connectivity index (χ4n) is 2.76. The van der Waals surface area contributed by atoms with E-state index in [1.807, 2.05) is 30.3 Å². The molecule has 0 unspecified atom stereocenters. The normalized spacial score (nSPS) is 20.2. The lowest BCUT2D eigenvalue weighted by molar-refractivity contribution is -0.00257. The number of nitrogens with zero attached hydrogens (tertiary/aromatic N) is 2. The van der Waals surface area contributed by atoms with Crippen LogP contribution in [0.2, 0.25) is 0 Å². The van der Waals surface area contributed by atoms with E-state index in [0.29, 0.717) is 31.1 Å². The van der Waals surface area contributed by atoms with Crippen LogP contribution in [0.15, 0.2) is 35.2 Å². The van der Waals surface area contributed by atoms with Crippen LogP contribution in [0.25, 0.3) is 0 Å². The number of morpholine rings is 1. The summed E-state index contributed by atoms with van der Waals surface area (Å²) in [6.07, 6.45) is -0.239. The van der Waals surface area contributed by atoms with E-state index < -0.39 is 10.0 Å². The Labute approximate surface area is 130 Å². The van der Waals surface area contributed by atoms with E-state index >= 15 is 0 Å². The summed E-state index contributed by atoms with van der Waals surface area (Å²) in [5.41, 5.74) is 2.06. The van der Waals surface area contributed by atoms with E-state index in [-0.39, 0.29) is 11.0 Å². The Morgan fingerprint density at radius 2 is 2.00 bits per heavy atom. The van der Waals surface area contributed by atoms with Crippen LogP contribution >= 0.6 is 0 Å². The zero-order chi connectivity index (χ0) is 15.7. The van der Waals surface area contributed by atoms with Gasteiger partial charge < -0.3 is 4.74 Å². The molecule has 1 fully saturated rings. The van der Waals surface area contributed by atoms with E-state index in [1.165, 1.54) is 4.31 Å². The van der Waals surface area contributed by atoms with Gasteiger partial charge in [0.1, 0.15) is 4.90 Å². The van der Waals surface area contributed by atoms with Crippen molar-refractivity contribution in [2.75, 3.05) is 19.7 Å². The molecule has 118 valence electrons. The standard InChI is InChI=1S/C15H19N3O3S/c1-11-15(12(2)17-16-11)22(19,20)18-8-9-21-14(10-18)13-6-4-3-5-7-13/h3-7,14H,8-10H2,1-2H3,(H,16,17)/t14-/m1/s1. The van der Waals surface area contributed by atoms with E-state index in [9.17, 15) is 8.42 Å². The van der Waals surface area contributed by atoms with Gasteiger partial charge in [-0.15, -0.1) is 0 Å². The van der Waals surface area contributed by atoms with Gasteiger partial charge in [-0.05, 0) is 19.4 Å². The fraction of sp³-hybridized carbons (Fsp3) is 0.400. The van der Waals surface area contributed by atoms with Gasteiger partial charge in [0.25, 0.3) is 0 Å². The van der Waals surface area contributed by atoms with Crippen LogP contribution in [-0.4, -0.2) is 42.6 Å². The maximum Gasteiger partial charge on any atom is 0.246 e. The summed E-state index contributed by atoms with van der Waals surface area (Å²) in [5.74, 6) is 0. The number of rotatable bonds is 3. The van der Waals surface area contributed by atoms with Crippen LogP contribution in [0.5, 0.6) is 0 Å². The number of aryl methyl sites for hydroxylation is 2. The predicted octanol–water partition coefficient (Wildman–Crippen LogP) is 1.79. The molecule has 1 saturated heterocycles. The summed E-state index contributed by atoms with van der Waals surface area (Å²) in [5, 5.41) is 6.73. The van der Waals surface area contributed by atoms with E-state index in [4.69, 9.17) is 4.74 Å². The van der Waals surface area contributed by atoms with Gasteiger partial charge in [0.15, 0.2) is 0 Å². The number of hydrogen-bond donors (Lipinski definition) is 1. The van der Waals surface area contributed by atoms with Gasteiger partial charge in [0.2, 0.25) is 10.0 Å². The Morgan fingerprint density at radius 1 is 1.27 bits per heavy atom. The molecule has 3 rings (SSSR count). The molecule has 22 heavy (non-hydrogen) atoms. The highest BCUT2D eigenvalue weighted by Gasteiger charge is 2.34. The van der Waals surface area contributed by atoms with Crippen LogP contribution in [-0.2, 0) is 14.8 Å². The molecular formula is C15H19N3O3S. The molecule has 0 amide bonds. The van der Waals surface area contributed by atoms with Crippen molar-refractivity contribution in [1.82, 2.24) is 14.5 Å². The van der Waals surface area contributed by atoms with E-state index in [1.54, 1.807) is 13.8 Å². The molecule has 0 radical (unpaired) electrons. The third-order valence-corrected chi connectivity index (χ3v) is 5.99. The molecule has 1 aromatic carbocycles. The van der Waals surface area contributed by atoms with Crippen LogP contribution in [0.4, 0.5) is 0 Å². The van der Waals surface area contributed by atoms with Gasteiger partial charge in [-0.1, -0.05) is 30.3 Å². The average molecular weight is 321 g/mol. The largest absolute Gasteiger partial charge is 0.371 e. The third-order valence-electron chi connectivity index (χ3n) is 3.86. The highest BCUT2D eigenvalue weighted by molar-refractivity contribution is 7.89. The topological polar surface area (TPSA) is 75.3 Å². The summed E-state index contributed by atoms with van der Waals surface area (Å²) in [6.45, 7) is 4.48. The Hall–Kier alpha value is -1.70. The highest BCUT2D eigenvalue weighted by Crippen LogP contribution is 2.28. The van der Waals surface area contributed by atoms with Crippen molar-refractivity contribution in [3.8, 4) is 0 Å². The van der Waals surface area contributed by atoms with Gasteiger partial charge in [0, 0.05) is 13.1 Å². The van der Waals surface area contributed by atoms with Crippen molar-refractivity contribution < 1.29 is 13.2 Å². The molecular weight excluding hydrogens is 302 g/mol. The second-order valence-corrected chi connectivity index (χ2v) is 7.27. The first-order chi connectivity index (χ1) is 10.5. The van der Waals surface area contributed by atoms with Crippen LogP contribution in [0.1, 0.15) is 23.1 Å². The Kier molecular flexibility index (Phi) is 4.03. The molecule has 1 aromatic heterocycles. The van der Waals surface area contributed by atoms with Crippen LogP contribution in [0, 0.1) is 13.8 Å². The molecule has 2 aromatic rings. The maximum absolute atomic E-state index is 12.9. The molecule has 1 aliphatic heterocycles. The quantitative estimate of drug-likeness (QED) is 0.935. The van der Waals surface area contributed by atoms with Crippen LogP contribution < -0.4 is 0 Å². The summed E-state index contributed by atoms with van der Waals surface area (Å²) < 4.78 is 33.0. The van der Waals surface area contributed by atoms with Crippen LogP contribution in [0.3, 0.4) is 0 Å². The molecule has 0 bridgehead atoms. The molecule has 1 atom stereocenters. The number of nitrogens with one attached hydrogen (secondary N) is 1. The number of hydrogen-bond acceptors (Lipinski definition) is 4. The summed E-state index contributed by atoms with van der Waals surface area (Å²) in [7, 11) is -3.56. The first kappa shape index (κ1) is 15.2. The molecule has 0 aliphatic carbocycles. The number of aromatic nitrogens is 2. The average Bonchev–Trinajstić information content (AvgIpc) is 2.88. The Morgan fingerprint density at radius 3 is 2.64 bits per heavy atom. The van der Waals surface area contributed by atoms with Gasteiger partial charge in [-0.3, -0.25) is 5.10 Å². The molecule has 2 heterocycles. The minimum Gasteiger partial charge on any atom is -0.371 e. The monoisotopic (exact) mass is 321 g/mol. The number of benzene rings is 1. The van der Waals surface area contributed by atoms with Crippen molar-refractivity contribution >= 4 is 10.0 Å². The first-order valence-electron chi connectivity index (χ1n) is 7.18. The minimum atomic E-state index is -3.56. The zero-order valence-electron chi connectivity index (χ0n) is 12.6. The van der Waals surface area contributed by atoms with Crippen molar-refractivity contribution in [2.24, 2.45) is 0 Å². The van der Waals surface area contributed by atoms with Crippen molar-refractivity contribution in [1.29, 1.82) is 0 Å². The van der Waals surface area contributed by atoms with Gasteiger partial charge in [-0.25, -0.2) is 8.42 Å². The summed E-state index contributed by atoms with van der Waals surface area (Å²) in [6, 6.07) is 9.69. The third kappa shape index (κ3) is 2.67. The van der Waals surface area contributed by atoms with E-state index in [0.717, 1.165) is 5.56 Å². The SMILES string of the molecule is Cc1n[nH]c(C)c1S(=O)(=O)N1CCO[C@@H](c2ccccc2)C1. The number of sulfonamides is 1. The van der Waals surface area contributed by atoms with Gasteiger partial charge in [0.05, 0.1) is 24.1 Å². The summed E-state index contributed by atoms with van der Waals surface area (Å²) in [4.78, 5) is 0.279. The minimum absolute atomic E-state index is 0.239. The number of H-pyrrole nitrogens is 1. The highest BCUT2D eigenvalue weighted by atomic mass is 32.2. The smallest absolute Gasteiger partial charge is 0.246 e. The van der Waals surface area contributed by atoms with Gasteiger partial charge in [-0.2, -0.15) is 9.40 Å². The molecule has 0 spiro atoms. The lowest BCUT2D eigenvalue weighted by Crippen LogP contribution is -2.42. The van der Waals surface area contributed by atoms with E-state index in [2.05, 4.69) is 10.2 Å². The zero-order valence-corrected chi connectivity index (χ0v) is 13.4. The Bertz CT molecular complexity index is 736. The molecule has 1 aliphatic rings. The lowest BCUT2D eigenvalue weighted by Gasteiger charge is -2.32. The first-order valence-corrected chi connectivity index (χ1v) is 8.62. The molecule has 6 nitrogen and oxygen atoms in total. The van der Waals surface area contributed by atoms with Crippen molar-refractivity contribution in [3.05, 3.63) is 47.3 Å². The molecule has 1 N–H and O–H groups in total. The fourth-order valence-corrected chi connectivity index (χ4v) is 4.52. The molecule has 7 heteroatoms. The number of ether oxygens (including phenoxy) is 1. The van der Waals surface area contributed by atoms with Gasteiger partial charge >= 0.3 is 0 Å². The second kappa shape index (κ2) is 5.83. The second-order valence-electron chi connectivity index (χ2n) is 5.40. The molecule has 0 saturated carbocycles. The van der Waals surface area contributed by atoms with Crippen molar-refractivity contribution in [2.45, 2.75) is 24.8 Å². The maximum atomic E-state index is 12.9.